The van der Waals surface area contributed by atoms with Crippen molar-refractivity contribution in [2.45, 2.75) is 138 Å². The topological polar surface area (TPSA) is 9.23 Å². The third kappa shape index (κ3) is 4.96. The molecule has 4 rings (SSSR count). The molecule has 0 aromatic heterocycles. The zero-order valence-corrected chi connectivity index (χ0v) is 24.7. The number of hydrogen-bond acceptors (Lipinski definition) is 1. The fourth-order valence-corrected chi connectivity index (χ4v) is 10.3. The van der Waals surface area contributed by atoms with Crippen LogP contribution in [0.15, 0.2) is 11.1 Å². The maximum atomic E-state index is 6.62. The third-order valence-corrected chi connectivity index (χ3v) is 12.5. The summed E-state index contributed by atoms with van der Waals surface area (Å²) in [7, 11) is -1.44. The Kier molecular flexibility index (Phi) is 7.42. The Bertz CT molecular complexity index is 732. The molecule has 0 radical (unpaired) electrons. The summed E-state index contributed by atoms with van der Waals surface area (Å²) in [6.07, 6.45) is 16.1. The van der Waals surface area contributed by atoms with Crippen molar-refractivity contribution in [3.8, 4) is 0 Å². The van der Waals surface area contributed by atoms with Gasteiger partial charge in [0.25, 0.3) is 0 Å². The first-order valence-corrected chi connectivity index (χ1v) is 18.2. The minimum absolute atomic E-state index is 0.508. The van der Waals surface area contributed by atoms with Crippen molar-refractivity contribution in [1.82, 2.24) is 0 Å². The lowest BCUT2D eigenvalue weighted by Gasteiger charge is -2.57. The van der Waals surface area contributed by atoms with Crippen molar-refractivity contribution in [1.29, 1.82) is 0 Å². The van der Waals surface area contributed by atoms with Gasteiger partial charge in [-0.15, -0.1) is 0 Å². The van der Waals surface area contributed by atoms with E-state index < -0.39 is 8.32 Å². The summed E-state index contributed by atoms with van der Waals surface area (Å²) in [4.78, 5) is 0. The molecule has 0 aromatic rings. The van der Waals surface area contributed by atoms with Gasteiger partial charge in [0.2, 0.25) is 0 Å². The molecule has 1 nitrogen and oxygen atoms in total. The number of rotatable bonds is 7. The molecule has 0 bridgehead atoms. The highest BCUT2D eigenvalue weighted by Gasteiger charge is 2.55. The van der Waals surface area contributed by atoms with Crippen LogP contribution < -0.4 is 0 Å². The molecule has 0 saturated heterocycles. The Labute approximate surface area is 208 Å². The zero-order chi connectivity index (χ0) is 24.2. The second kappa shape index (κ2) is 9.42. The molecule has 4 aliphatic carbocycles. The fourth-order valence-electron chi connectivity index (χ4n) is 9.07. The predicted octanol–water partition coefficient (Wildman–Crippen LogP) is 9.64. The van der Waals surface area contributed by atoms with Crippen LogP contribution in [0.3, 0.4) is 0 Å². The van der Waals surface area contributed by atoms with E-state index in [0.717, 1.165) is 35.5 Å². The lowest BCUT2D eigenvalue weighted by Crippen LogP contribution is -2.49. The lowest BCUT2D eigenvalue weighted by molar-refractivity contribution is -0.0328. The standard InChI is InChI=1S/C31H56OSi/c1-21(2)22(3)10-11-23(4)27-14-15-28-26-13-12-24-20-25(32-33(7,8)9)16-18-30(24,5)29(26)17-19-31(27,28)6/h21-25,27,29H,10-20H2,1-9H3/t22-,23-,24?,25+,27-,29+,30+,31-/m1/s1. The zero-order valence-electron chi connectivity index (χ0n) is 23.7. The molecule has 3 saturated carbocycles. The highest BCUT2D eigenvalue weighted by molar-refractivity contribution is 6.69. The van der Waals surface area contributed by atoms with E-state index in [-0.39, 0.29) is 0 Å². The van der Waals surface area contributed by atoms with Gasteiger partial charge in [-0.3, -0.25) is 0 Å². The first kappa shape index (κ1) is 26.0. The summed E-state index contributed by atoms with van der Waals surface area (Å²) >= 11 is 0. The van der Waals surface area contributed by atoms with E-state index in [1.54, 1.807) is 0 Å². The average Bonchev–Trinajstić information content (AvgIpc) is 3.08. The van der Waals surface area contributed by atoms with Crippen molar-refractivity contribution in [2.24, 2.45) is 46.3 Å². The molecule has 0 N–H and O–H groups in total. The maximum absolute atomic E-state index is 6.62. The summed E-state index contributed by atoms with van der Waals surface area (Å²) in [5, 5.41) is 0. The SMILES string of the molecule is CC(C)[C@H](C)CC[C@@H](C)[C@H]1CCC2=C3CCC4C[C@@H](O[Si](C)(C)C)CC[C@]4(C)[C@H]3CC[C@@]21C. The molecule has 0 spiro atoms. The van der Waals surface area contributed by atoms with Crippen molar-refractivity contribution in [2.75, 3.05) is 0 Å². The molecule has 33 heavy (non-hydrogen) atoms. The molecule has 1 unspecified atom stereocenters. The van der Waals surface area contributed by atoms with Gasteiger partial charge >= 0.3 is 0 Å². The minimum Gasteiger partial charge on any atom is -0.415 e. The van der Waals surface area contributed by atoms with E-state index in [4.69, 9.17) is 4.43 Å². The van der Waals surface area contributed by atoms with E-state index in [0.29, 0.717) is 16.9 Å². The summed E-state index contributed by atoms with van der Waals surface area (Å²) in [5.41, 5.74) is 4.98. The van der Waals surface area contributed by atoms with Gasteiger partial charge in [-0.25, -0.2) is 0 Å². The van der Waals surface area contributed by atoms with Gasteiger partial charge in [-0.2, -0.15) is 0 Å². The van der Waals surface area contributed by atoms with Gasteiger partial charge in [0.05, 0.1) is 0 Å². The van der Waals surface area contributed by atoms with Crippen LogP contribution in [0.2, 0.25) is 19.6 Å². The Morgan fingerprint density at radius 1 is 0.909 bits per heavy atom. The highest BCUT2D eigenvalue weighted by atomic mass is 28.4. The molecule has 190 valence electrons. The van der Waals surface area contributed by atoms with Crippen molar-refractivity contribution in [3.05, 3.63) is 11.1 Å². The summed E-state index contributed by atoms with van der Waals surface area (Å²) < 4.78 is 6.62. The van der Waals surface area contributed by atoms with Gasteiger partial charge in [-0.1, -0.05) is 65.5 Å². The quantitative estimate of drug-likeness (QED) is 0.265. The van der Waals surface area contributed by atoms with E-state index in [2.05, 4.69) is 61.2 Å². The Hall–Kier alpha value is -0.0831. The summed E-state index contributed by atoms with van der Waals surface area (Å²) in [6, 6.07) is 0. The van der Waals surface area contributed by atoms with Crippen molar-refractivity contribution < 1.29 is 4.43 Å². The summed E-state index contributed by atoms with van der Waals surface area (Å²) in [5.74, 6) is 5.26. The molecule has 3 fully saturated rings. The molecule has 2 heteroatoms. The van der Waals surface area contributed by atoms with Gasteiger partial charge in [0, 0.05) is 6.10 Å². The fraction of sp³-hybridized carbons (Fsp3) is 0.935. The van der Waals surface area contributed by atoms with Gasteiger partial charge in [0.1, 0.15) is 0 Å². The monoisotopic (exact) mass is 472 g/mol. The second-order valence-electron chi connectivity index (χ2n) is 14.8. The lowest BCUT2D eigenvalue weighted by atomic mass is 9.49. The normalized spacial score (nSPS) is 40.9. The number of fused-ring (bicyclic) bond motifs is 4. The molecular weight excluding hydrogens is 416 g/mol. The van der Waals surface area contributed by atoms with Crippen molar-refractivity contribution >= 4 is 8.32 Å². The Morgan fingerprint density at radius 2 is 1.64 bits per heavy atom. The van der Waals surface area contributed by atoms with Crippen LogP contribution in [0, 0.1) is 46.3 Å². The largest absolute Gasteiger partial charge is 0.415 e. The van der Waals surface area contributed by atoms with Gasteiger partial charge in [0.15, 0.2) is 8.32 Å². The molecule has 0 heterocycles. The maximum Gasteiger partial charge on any atom is 0.184 e. The Balaban J connectivity index is 1.49. The molecule has 0 amide bonds. The van der Waals surface area contributed by atoms with Crippen LogP contribution in [-0.4, -0.2) is 14.4 Å². The summed E-state index contributed by atoms with van der Waals surface area (Å²) in [6.45, 7) is 22.4. The van der Waals surface area contributed by atoms with Crippen LogP contribution in [0.1, 0.15) is 112 Å². The van der Waals surface area contributed by atoms with E-state index in [9.17, 15) is 0 Å². The van der Waals surface area contributed by atoms with E-state index in [1.165, 1.54) is 70.6 Å². The molecule has 0 aliphatic heterocycles. The van der Waals surface area contributed by atoms with Crippen molar-refractivity contribution in [3.63, 3.8) is 0 Å². The molecular formula is C31H56OSi. The van der Waals surface area contributed by atoms with Gasteiger partial charge < -0.3 is 4.43 Å². The van der Waals surface area contributed by atoms with Crippen LogP contribution in [0.4, 0.5) is 0 Å². The molecule has 8 atom stereocenters. The average molecular weight is 473 g/mol. The van der Waals surface area contributed by atoms with Crippen LogP contribution in [0.25, 0.3) is 0 Å². The molecule has 4 aliphatic rings. The first-order valence-electron chi connectivity index (χ1n) is 14.8. The van der Waals surface area contributed by atoms with E-state index >= 15 is 0 Å². The van der Waals surface area contributed by atoms with Crippen LogP contribution in [0.5, 0.6) is 0 Å². The second-order valence-corrected chi connectivity index (χ2v) is 19.3. The minimum atomic E-state index is -1.44. The number of hydrogen-bond donors (Lipinski definition) is 0. The highest BCUT2D eigenvalue weighted by Crippen LogP contribution is 2.66. The first-order chi connectivity index (χ1) is 15.3. The van der Waals surface area contributed by atoms with Gasteiger partial charge in [-0.05, 0) is 124 Å². The smallest absolute Gasteiger partial charge is 0.184 e. The van der Waals surface area contributed by atoms with Crippen LogP contribution in [-0.2, 0) is 4.43 Å². The number of allylic oxidation sites excluding steroid dienone is 2. The molecule has 0 aromatic carbocycles. The van der Waals surface area contributed by atoms with E-state index in [1.807, 2.05) is 11.1 Å². The third-order valence-electron chi connectivity index (χ3n) is 11.4. The van der Waals surface area contributed by atoms with Crippen LogP contribution >= 0.6 is 0 Å². The predicted molar refractivity (Wildman–Crippen MR) is 146 cm³/mol. The Morgan fingerprint density at radius 3 is 2.30 bits per heavy atom.